The SMILES string of the molecule is CCOC(=O)C1=C(CN2CCN(c3ncccn3)CC2)NC(=O)N[C@@H]1c1ccc(C)cc1. The van der Waals surface area contributed by atoms with Gasteiger partial charge in [-0.2, -0.15) is 0 Å². The lowest BCUT2D eigenvalue weighted by Crippen LogP contribution is -2.52. The normalized spacial score (nSPS) is 19.4. The molecular formula is C23H28N6O3. The van der Waals surface area contributed by atoms with E-state index in [-0.39, 0.29) is 12.6 Å². The van der Waals surface area contributed by atoms with Gasteiger partial charge in [-0.15, -0.1) is 0 Å². The van der Waals surface area contributed by atoms with Gasteiger partial charge in [0.2, 0.25) is 5.95 Å². The number of aryl methyl sites for hydroxylation is 1. The molecule has 1 saturated heterocycles. The average molecular weight is 437 g/mol. The second-order valence-electron chi connectivity index (χ2n) is 7.87. The van der Waals surface area contributed by atoms with Crippen LogP contribution >= 0.6 is 0 Å². The molecule has 0 unspecified atom stereocenters. The molecule has 3 heterocycles. The van der Waals surface area contributed by atoms with Gasteiger partial charge in [0.25, 0.3) is 0 Å². The van der Waals surface area contributed by atoms with Crippen molar-refractivity contribution in [2.24, 2.45) is 0 Å². The number of ether oxygens (including phenoxy) is 1. The van der Waals surface area contributed by atoms with Crippen LogP contribution in [-0.4, -0.2) is 66.2 Å². The van der Waals surface area contributed by atoms with E-state index in [1.807, 2.05) is 31.2 Å². The summed E-state index contributed by atoms with van der Waals surface area (Å²) >= 11 is 0. The Morgan fingerprint density at radius 1 is 1.12 bits per heavy atom. The maximum absolute atomic E-state index is 12.9. The highest BCUT2D eigenvalue weighted by Gasteiger charge is 2.34. The first kappa shape index (κ1) is 21.8. The largest absolute Gasteiger partial charge is 0.463 e. The smallest absolute Gasteiger partial charge is 0.338 e. The van der Waals surface area contributed by atoms with Crippen LogP contribution in [0.15, 0.2) is 54.0 Å². The van der Waals surface area contributed by atoms with Gasteiger partial charge in [-0.25, -0.2) is 19.6 Å². The molecule has 0 spiro atoms. The number of hydrogen-bond donors (Lipinski definition) is 2. The van der Waals surface area contributed by atoms with Crippen molar-refractivity contribution in [2.75, 3.05) is 44.2 Å². The quantitative estimate of drug-likeness (QED) is 0.666. The zero-order chi connectivity index (χ0) is 22.5. The van der Waals surface area contributed by atoms with Gasteiger partial charge in [0, 0.05) is 50.8 Å². The molecule has 9 heteroatoms. The zero-order valence-electron chi connectivity index (χ0n) is 18.4. The number of rotatable bonds is 6. The Kier molecular flexibility index (Phi) is 6.65. The van der Waals surface area contributed by atoms with E-state index in [4.69, 9.17) is 4.74 Å². The monoisotopic (exact) mass is 436 g/mol. The number of benzene rings is 1. The topological polar surface area (TPSA) is 99.7 Å². The maximum atomic E-state index is 12.9. The number of hydrogen-bond acceptors (Lipinski definition) is 7. The fraction of sp³-hybridized carbons (Fsp3) is 0.391. The lowest BCUT2D eigenvalue weighted by Gasteiger charge is -2.37. The zero-order valence-corrected chi connectivity index (χ0v) is 18.4. The number of piperazine rings is 1. The van der Waals surface area contributed by atoms with Gasteiger partial charge in [-0.05, 0) is 25.5 Å². The van der Waals surface area contributed by atoms with Gasteiger partial charge >= 0.3 is 12.0 Å². The van der Waals surface area contributed by atoms with Gasteiger partial charge in [0.1, 0.15) is 0 Å². The summed E-state index contributed by atoms with van der Waals surface area (Å²) in [6.45, 7) is 7.54. The van der Waals surface area contributed by atoms with Gasteiger partial charge < -0.3 is 20.3 Å². The minimum atomic E-state index is -0.558. The molecule has 2 aliphatic heterocycles. The molecule has 1 aromatic heterocycles. The van der Waals surface area contributed by atoms with Crippen molar-refractivity contribution in [2.45, 2.75) is 19.9 Å². The van der Waals surface area contributed by atoms with E-state index < -0.39 is 12.0 Å². The first-order chi connectivity index (χ1) is 15.5. The number of carbonyl (C=O) groups is 2. The standard InChI is InChI=1S/C23H28N6O3/c1-3-32-21(30)19-18(26-23(31)27-20(19)17-7-5-16(2)6-8-17)15-28-11-13-29(14-12-28)22-24-9-4-10-25-22/h4-10,20H,3,11-15H2,1-2H3,(H2,26,27,31)/t20-/m1/s1. The van der Waals surface area contributed by atoms with Crippen molar-refractivity contribution < 1.29 is 14.3 Å². The van der Waals surface area contributed by atoms with Crippen molar-refractivity contribution in [3.8, 4) is 0 Å². The van der Waals surface area contributed by atoms with E-state index in [1.165, 1.54) is 0 Å². The number of nitrogens with zero attached hydrogens (tertiary/aromatic N) is 4. The molecule has 2 N–H and O–H groups in total. The van der Waals surface area contributed by atoms with Crippen LogP contribution < -0.4 is 15.5 Å². The summed E-state index contributed by atoms with van der Waals surface area (Å²) in [6.07, 6.45) is 3.47. The van der Waals surface area contributed by atoms with Crippen LogP contribution in [0.2, 0.25) is 0 Å². The van der Waals surface area contributed by atoms with E-state index >= 15 is 0 Å². The molecule has 2 amide bonds. The van der Waals surface area contributed by atoms with E-state index in [2.05, 4.69) is 30.4 Å². The molecule has 1 aromatic carbocycles. The average Bonchev–Trinajstić information content (AvgIpc) is 2.80. The molecule has 2 aliphatic rings. The summed E-state index contributed by atoms with van der Waals surface area (Å²) in [6, 6.07) is 8.72. The van der Waals surface area contributed by atoms with Crippen molar-refractivity contribution in [1.29, 1.82) is 0 Å². The highest BCUT2D eigenvalue weighted by Crippen LogP contribution is 2.28. The molecule has 0 bridgehead atoms. The number of anilines is 1. The number of nitrogens with one attached hydrogen (secondary N) is 2. The molecule has 0 saturated carbocycles. The van der Waals surface area contributed by atoms with E-state index in [9.17, 15) is 9.59 Å². The summed E-state index contributed by atoms with van der Waals surface area (Å²) in [7, 11) is 0. The highest BCUT2D eigenvalue weighted by molar-refractivity contribution is 5.95. The second-order valence-corrected chi connectivity index (χ2v) is 7.87. The number of amides is 2. The van der Waals surface area contributed by atoms with Gasteiger partial charge in [0.15, 0.2) is 0 Å². The summed E-state index contributed by atoms with van der Waals surface area (Å²) in [5, 5.41) is 5.74. The molecule has 2 aromatic rings. The van der Waals surface area contributed by atoms with Crippen LogP contribution in [-0.2, 0) is 9.53 Å². The Morgan fingerprint density at radius 2 is 1.81 bits per heavy atom. The first-order valence-electron chi connectivity index (χ1n) is 10.8. The Bertz CT molecular complexity index is 985. The van der Waals surface area contributed by atoms with Gasteiger partial charge in [-0.1, -0.05) is 29.8 Å². The van der Waals surface area contributed by atoms with Crippen LogP contribution in [0.4, 0.5) is 10.7 Å². The summed E-state index contributed by atoms with van der Waals surface area (Å²) in [4.78, 5) is 38.4. The van der Waals surface area contributed by atoms with Crippen molar-refractivity contribution in [3.63, 3.8) is 0 Å². The van der Waals surface area contributed by atoms with E-state index in [0.29, 0.717) is 23.8 Å². The molecule has 32 heavy (non-hydrogen) atoms. The minimum absolute atomic E-state index is 0.264. The third kappa shape index (κ3) is 4.88. The summed E-state index contributed by atoms with van der Waals surface area (Å²) in [5.41, 5.74) is 2.99. The summed E-state index contributed by atoms with van der Waals surface area (Å²) in [5.74, 6) is 0.296. The van der Waals surface area contributed by atoms with Crippen LogP contribution in [0.1, 0.15) is 24.1 Å². The molecular weight excluding hydrogens is 408 g/mol. The fourth-order valence-corrected chi connectivity index (χ4v) is 3.99. The first-order valence-corrected chi connectivity index (χ1v) is 10.8. The van der Waals surface area contributed by atoms with Crippen LogP contribution in [0.25, 0.3) is 0 Å². The predicted octanol–water partition coefficient (Wildman–Crippen LogP) is 1.78. The number of esters is 1. The van der Waals surface area contributed by atoms with E-state index in [0.717, 1.165) is 37.3 Å². The number of urea groups is 1. The van der Waals surface area contributed by atoms with Crippen LogP contribution in [0.5, 0.6) is 0 Å². The third-order valence-corrected chi connectivity index (χ3v) is 5.65. The molecule has 9 nitrogen and oxygen atoms in total. The lowest BCUT2D eigenvalue weighted by atomic mass is 9.94. The lowest BCUT2D eigenvalue weighted by molar-refractivity contribution is -0.139. The molecule has 0 radical (unpaired) electrons. The van der Waals surface area contributed by atoms with Crippen LogP contribution in [0, 0.1) is 6.92 Å². The Labute approximate surface area is 187 Å². The Hall–Kier alpha value is -3.46. The Morgan fingerprint density at radius 3 is 2.47 bits per heavy atom. The second kappa shape index (κ2) is 9.78. The van der Waals surface area contributed by atoms with Crippen LogP contribution in [0.3, 0.4) is 0 Å². The summed E-state index contributed by atoms with van der Waals surface area (Å²) < 4.78 is 5.35. The maximum Gasteiger partial charge on any atom is 0.338 e. The number of aromatic nitrogens is 2. The highest BCUT2D eigenvalue weighted by atomic mass is 16.5. The molecule has 0 aliphatic carbocycles. The van der Waals surface area contributed by atoms with Crippen molar-refractivity contribution in [1.82, 2.24) is 25.5 Å². The molecule has 4 rings (SSSR count). The number of carbonyl (C=O) groups excluding carboxylic acids is 2. The van der Waals surface area contributed by atoms with Crippen molar-refractivity contribution in [3.05, 3.63) is 65.1 Å². The fourth-order valence-electron chi connectivity index (χ4n) is 3.99. The molecule has 168 valence electrons. The third-order valence-electron chi connectivity index (χ3n) is 5.65. The minimum Gasteiger partial charge on any atom is -0.463 e. The van der Waals surface area contributed by atoms with Gasteiger partial charge in [0.05, 0.1) is 18.2 Å². The van der Waals surface area contributed by atoms with Gasteiger partial charge in [-0.3, -0.25) is 4.90 Å². The predicted molar refractivity (Wildman–Crippen MR) is 120 cm³/mol. The molecule has 1 fully saturated rings. The Balaban J connectivity index is 1.56. The molecule has 1 atom stereocenters. The van der Waals surface area contributed by atoms with Crippen molar-refractivity contribution >= 4 is 17.9 Å². The van der Waals surface area contributed by atoms with E-state index in [1.54, 1.807) is 25.4 Å².